The highest BCUT2D eigenvalue weighted by Crippen LogP contribution is 2.20. The third kappa shape index (κ3) is 2.44. The number of nitrogens with one attached hydrogen (secondary N) is 2. The van der Waals surface area contributed by atoms with E-state index in [0.717, 1.165) is 12.8 Å². The molecule has 1 aromatic heterocycles. The second kappa shape index (κ2) is 4.41. The molecule has 1 saturated carbocycles. The number of rotatable bonds is 2. The van der Waals surface area contributed by atoms with Crippen molar-refractivity contribution in [2.45, 2.75) is 31.7 Å². The van der Waals surface area contributed by atoms with Crippen LogP contribution in [-0.2, 0) is 0 Å². The number of nitrogens with zero attached hydrogens (tertiary/aromatic N) is 1. The van der Waals surface area contributed by atoms with E-state index in [9.17, 15) is 4.79 Å². The van der Waals surface area contributed by atoms with E-state index in [-0.39, 0.29) is 28.1 Å². The smallest absolute Gasteiger partial charge is 0.287 e. The first-order chi connectivity index (χ1) is 7.16. The van der Waals surface area contributed by atoms with Crippen molar-refractivity contribution in [3.8, 4) is 0 Å². The number of carbonyl (C=O) groups is 1. The monoisotopic (exact) mass is 247 g/mol. The first-order valence-corrected chi connectivity index (χ1v) is 5.64. The molecular weight excluding hydrogens is 237 g/mol. The normalized spacial score (nSPS) is 16.9. The Morgan fingerprint density at radius 2 is 2.07 bits per heavy atom. The average Bonchev–Trinajstić information content (AvgIpc) is 2.78. The number of carbonyl (C=O) groups excluding carboxylic acids is 1. The number of aromatic nitrogens is 2. The molecule has 0 spiro atoms. The fraction of sp³-hybridized carbons (Fsp3) is 0.556. The Labute approximate surface area is 97.4 Å². The maximum absolute atomic E-state index is 11.6. The largest absolute Gasteiger partial charge is 0.347 e. The van der Waals surface area contributed by atoms with Gasteiger partial charge in [0.05, 0.1) is 0 Å². The lowest BCUT2D eigenvalue weighted by molar-refractivity contribution is 0.0928. The highest BCUT2D eigenvalue weighted by Gasteiger charge is 2.20. The van der Waals surface area contributed by atoms with Gasteiger partial charge in [-0.2, -0.15) is 0 Å². The first kappa shape index (κ1) is 10.8. The molecule has 4 nitrogen and oxygen atoms in total. The van der Waals surface area contributed by atoms with Crippen molar-refractivity contribution >= 4 is 29.1 Å². The van der Waals surface area contributed by atoms with E-state index in [1.807, 2.05) is 0 Å². The molecule has 1 aromatic rings. The first-order valence-electron chi connectivity index (χ1n) is 4.88. The summed E-state index contributed by atoms with van der Waals surface area (Å²) in [6, 6.07) is 0.264. The van der Waals surface area contributed by atoms with Crippen molar-refractivity contribution in [3.05, 3.63) is 16.1 Å². The maximum atomic E-state index is 11.6. The van der Waals surface area contributed by atoms with Crippen molar-refractivity contribution in [1.29, 1.82) is 0 Å². The minimum absolute atomic E-state index is 0.133. The zero-order chi connectivity index (χ0) is 10.8. The van der Waals surface area contributed by atoms with Gasteiger partial charge in [0.2, 0.25) is 0 Å². The Hall–Kier alpha value is -0.740. The quantitative estimate of drug-likeness (QED) is 0.844. The molecule has 0 aliphatic heterocycles. The van der Waals surface area contributed by atoms with Crippen LogP contribution in [0, 0.1) is 0 Å². The van der Waals surface area contributed by atoms with Crippen LogP contribution in [0.2, 0.25) is 10.3 Å². The van der Waals surface area contributed by atoms with E-state index < -0.39 is 0 Å². The molecule has 1 heterocycles. The van der Waals surface area contributed by atoms with Crippen LogP contribution < -0.4 is 5.32 Å². The maximum Gasteiger partial charge on any atom is 0.287 e. The van der Waals surface area contributed by atoms with Gasteiger partial charge in [0.25, 0.3) is 5.91 Å². The van der Waals surface area contributed by atoms with Crippen LogP contribution in [0.5, 0.6) is 0 Å². The predicted molar refractivity (Wildman–Crippen MR) is 58.3 cm³/mol. The van der Waals surface area contributed by atoms with Gasteiger partial charge in [0.1, 0.15) is 5.15 Å². The van der Waals surface area contributed by atoms with Crippen molar-refractivity contribution < 1.29 is 4.79 Å². The van der Waals surface area contributed by atoms with Gasteiger partial charge in [0, 0.05) is 6.04 Å². The zero-order valence-electron chi connectivity index (χ0n) is 8.02. The van der Waals surface area contributed by atoms with E-state index >= 15 is 0 Å². The summed E-state index contributed by atoms with van der Waals surface area (Å²) in [7, 11) is 0. The Morgan fingerprint density at radius 3 is 2.60 bits per heavy atom. The van der Waals surface area contributed by atoms with Gasteiger partial charge in [-0.05, 0) is 12.8 Å². The molecule has 2 N–H and O–H groups in total. The van der Waals surface area contributed by atoms with Crippen LogP contribution in [0.3, 0.4) is 0 Å². The third-order valence-electron chi connectivity index (χ3n) is 2.52. The molecule has 0 bridgehead atoms. The number of hydrogen-bond donors (Lipinski definition) is 2. The minimum Gasteiger partial charge on any atom is -0.347 e. The number of amides is 1. The number of hydrogen-bond acceptors (Lipinski definition) is 2. The van der Waals surface area contributed by atoms with Crippen LogP contribution in [0.4, 0.5) is 0 Å². The molecule has 0 aromatic carbocycles. The summed E-state index contributed by atoms with van der Waals surface area (Å²) < 4.78 is 0. The SMILES string of the molecule is O=C(NC1CCCC1)c1nc(Cl)c(Cl)[nH]1. The van der Waals surface area contributed by atoms with E-state index in [1.54, 1.807) is 0 Å². The van der Waals surface area contributed by atoms with E-state index in [4.69, 9.17) is 23.2 Å². The van der Waals surface area contributed by atoms with Crippen LogP contribution in [-0.4, -0.2) is 21.9 Å². The van der Waals surface area contributed by atoms with Crippen molar-refractivity contribution in [2.24, 2.45) is 0 Å². The molecule has 1 aliphatic carbocycles. The predicted octanol–water partition coefficient (Wildman–Crippen LogP) is 2.39. The Bertz CT molecular complexity index is 352. The topological polar surface area (TPSA) is 57.8 Å². The summed E-state index contributed by atoms with van der Waals surface area (Å²) in [4.78, 5) is 18.1. The molecule has 0 saturated heterocycles. The van der Waals surface area contributed by atoms with Crippen LogP contribution in [0.1, 0.15) is 36.3 Å². The molecular formula is C9H11Cl2N3O. The standard InChI is InChI=1S/C9H11Cl2N3O/c10-6-7(11)14-8(13-6)9(15)12-5-3-1-2-4-5/h5H,1-4H2,(H,12,15)(H,13,14). The second-order valence-electron chi connectivity index (χ2n) is 3.65. The molecule has 6 heteroatoms. The number of imidazole rings is 1. The summed E-state index contributed by atoms with van der Waals surface area (Å²) in [5, 5.41) is 3.22. The molecule has 2 rings (SSSR count). The van der Waals surface area contributed by atoms with E-state index in [0.29, 0.717) is 0 Å². The lowest BCUT2D eigenvalue weighted by atomic mass is 10.2. The summed E-state index contributed by atoms with van der Waals surface area (Å²) in [6.45, 7) is 0. The Morgan fingerprint density at radius 1 is 1.40 bits per heavy atom. The molecule has 1 amide bonds. The highest BCUT2D eigenvalue weighted by molar-refractivity contribution is 6.40. The average molecular weight is 248 g/mol. The van der Waals surface area contributed by atoms with Gasteiger partial charge < -0.3 is 10.3 Å². The van der Waals surface area contributed by atoms with E-state index in [1.165, 1.54) is 12.8 Å². The fourth-order valence-electron chi connectivity index (χ4n) is 1.76. The third-order valence-corrected chi connectivity index (χ3v) is 3.17. The van der Waals surface area contributed by atoms with Gasteiger partial charge in [-0.1, -0.05) is 36.0 Å². The molecule has 15 heavy (non-hydrogen) atoms. The van der Waals surface area contributed by atoms with Crippen molar-refractivity contribution in [1.82, 2.24) is 15.3 Å². The highest BCUT2D eigenvalue weighted by atomic mass is 35.5. The molecule has 1 fully saturated rings. The lowest BCUT2D eigenvalue weighted by Crippen LogP contribution is -2.33. The molecule has 0 radical (unpaired) electrons. The molecule has 0 atom stereocenters. The molecule has 1 aliphatic rings. The minimum atomic E-state index is -0.240. The summed E-state index contributed by atoms with van der Waals surface area (Å²) >= 11 is 11.3. The summed E-state index contributed by atoms with van der Waals surface area (Å²) in [6.07, 6.45) is 4.41. The fourth-order valence-corrected chi connectivity index (χ4v) is 2.03. The number of aromatic amines is 1. The van der Waals surface area contributed by atoms with Crippen molar-refractivity contribution in [2.75, 3.05) is 0 Å². The van der Waals surface area contributed by atoms with Crippen LogP contribution in [0.15, 0.2) is 0 Å². The van der Waals surface area contributed by atoms with Gasteiger partial charge in [0.15, 0.2) is 11.0 Å². The van der Waals surface area contributed by atoms with Gasteiger partial charge in [-0.3, -0.25) is 4.79 Å². The summed E-state index contributed by atoms with van der Waals surface area (Å²) in [5.74, 6) is -0.0624. The Kier molecular flexibility index (Phi) is 3.17. The lowest BCUT2D eigenvalue weighted by Gasteiger charge is -2.09. The zero-order valence-corrected chi connectivity index (χ0v) is 9.53. The summed E-state index contributed by atoms with van der Waals surface area (Å²) in [5.41, 5.74) is 0. The second-order valence-corrected chi connectivity index (χ2v) is 4.38. The van der Waals surface area contributed by atoms with Crippen LogP contribution in [0.25, 0.3) is 0 Å². The number of H-pyrrole nitrogens is 1. The van der Waals surface area contributed by atoms with Gasteiger partial charge >= 0.3 is 0 Å². The van der Waals surface area contributed by atoms with Gasteiger partial charge in [-0.15, -0.1) is 0 Å². The molecule has 0 unspecified atom stereocenters. The van der Waals surface area contributed by atoms with Gasteiger partial charge in [-0.25, -0.2) is 4.98 Å². The van der Waals surface area contributed by atoms with Crippen LogP contribution >= 0.6 is 23.2 Å². The van der Waals surface area contributed by atoms with E-state index in [2.05, 4.69) is 15.3 Å². The Balaban J connectivity index is 2.00. The molecule has 82 valence electrons. The number of halogens is 2. The van der Waals surface area contributed by atoms with Crippen molar-refractivity contribution in [3.63, 3.8) is 0 Å².